The third kappa shape index (κ3) is 2.26. The fourth-order valence-electron chi connectivity index (χ4n) is 2.04. The summed E-state index contributed by atoms with van der Waals surface area (Å²) in [5.74, 6) is 2.30. The number of nitrogens with zero attached hydrogens (tertiary/aromatic N) is 2. The molecule has 0 atom stereocenters. The lowest BCUT2D eigenvalue weighted by Crippen LogP contribution is -1.99. The summed E-state index contributed by atoms with van der Waals surface area (Å²) >= 11 is 0. The average Bonchev–Trinajstić information content (AvgIpc) is 2.89. The van der Waals surface area contributed by atoms with Gasteiger partial charge in [-0.1, -0.05) is 5.16 Å². The second-order valence-electron chi connectivity index (χ2n) is 4.15. The van der Waals surface area contributed by atoms with Gasteiger partial charge in [-0.05, 0) is 25.5 Å². The lowest BCUT2D eigenvalue weighted by atomic mass is 10.0. The van der Waals surface area contributed by atoms with E-state index in [1.165, 1.54) is 0 Å². The monoisotopic (exact) mass is 263 g/mol. The van der Waals surface area contributed by atoms with Gasteiger partial charge in [0.25, 0.3) is 0 Å². The Morgan fingerprint density at radius 1 is 1.21 bits per heavy atom. The molecule has 19 heavy (non-hydrogen) atoms. The van der Waals surface area contributed by atoms with Gasteiger partial charge in [0, 0.05) is 11.1 Å². The van der Waals surface area contributed by atoms with E-state index >= 15 is 0 Å². The maximum absolute atomic E-state index is 5.47. The maximum Gasteiger partial charge on any atom is 0.240 e. The van der Waals surface area contributed by atoms with Gasteiger partial charge >= 0.3 is 0 Å². The summed E-state index contributed by atoms with van der Waals surface area (Å²) in [6, 6.07) is 1.95. The van der Waals surface area contributed by atoms with Crippen LogP contribution in [0.25, 0.3) is 11.4 Å². The van der Waals surface area contributed by atoms with Crippen molar-refractivity contribution < 1.29 is 14.0 Å². The maximum atomic E-state index is 5.47. The first-order chi connectivity index (χ1) is 9.12. The molecule has 1 aromatic heterocycles. The second-order valence-corrected chi connectivity index (χ2v) is 4.15. The topological polar surface area (TPSA) is 83.4 Å². The number of hydrogen-bond donors (Lipinski definition) is 1. The molecule has 0 bridgehead atoms. The molecule has 2 N–H and O–H groups in total. The highest BCUT2D eigenvalue weighted by atomic mass is 16.5. The number of rotatable bonds is 4. The Morgan fingerprint density at radius 3 is 2.42 bits per heavy atom. The molecule has 0 fully saturated rings. The Balaban J connectivity index is 2.61. The zero-order valence-corrected chi connectivity index (χ0v) is 11.5. The molecule has 0 saturated heterocycles. The third-order valence-electron chi connectivity index (χ3n) is 2.96. The van der Waals surface area contributed by atoms with Crippen molar-refractivity contribution in [3.05, 3.63) is 23.1 Å². The van der Waals surface area contributed by atoms with Crippen LogP contribution in [0.5, 0.6) is 11.5 Å². The average molecular weight is 263 g/mol. The minimum atomic E-state index is 0.221. The van der Waals surface area contributed by atoms with E-state index in [0.717, 1.165) is 16.7 Å². The summed E-state index contributed by atoms with van der Waals surface area (Å²) in [7, 11) is 3.22. The zero-order valence-electron chi connectivity index (χ0n) is 11.5. The number of nitrogens with two attached hydrogens (primary N) is 1. The summed E-state index contributed by atoms with van der Waals surface area (Å²) in [5.41, 5.74) is 8.16. The predicted molar refractivity (Wildman–Crippen MR) is 70.2 cm³/mol. The Bertz CT molecular complexity index is 593. The molecule has 2 rings (SSSR count). The molecular formula is C13H17N3O3. The van der Waals surface area contributed by atoms with E-state index in [4.69, 9.17) is 19.7 Å². The summed E-state index contributed by atoms with van der Waals surface area (Å²) in [6.45, 7) is 4.08. The van der Waals surface area contributed by atoms with Gasteiger partial charge in [0.15, 0.2) is 11.5 Å². The first kappa shape index (κ1) is 13.4. The van der Waals surface area contributed by atoms with Gasteiger partial charge in [-0.25, -0.2) is 0 Å². The first-order valence-corrected chi connectivity index (χ1v) is 5.87. The first-order valence-electron chi connectivity index (χ1n) is 5.87. The van der Waals surface area contributed by atoms with Crippen LogP contribution in [0, 0.1) is 13.8 Å². The zero-order chi connectivity index (χ0) is 14.0. The number of aromatic nitrogens is 2. The van der Waals surface area contributed by atoms with Crippen molar-refractivity contribution in [1.82, 2.24) is 10.1 Å². The van der Waals surface area contributed by atoms with Gasteiger partial charge in [-0.15, -0.1) is 0 Å². The van der Waals surface area contributed by atoms with Gasteiger partial charge < -0.3 is 19.7 Å². The highest BCUT2D eigenvalue weighted by molar-refractivity contribution is 5.69. The van der Waals surface area contributed by atoms with Crippen molar-refractivity contribution in [3.63, 3.8) is 0 Å². The lowest BCUT2D eigenvalue weighted by molar-refractivity contribution is 0.351. The summed E-state index contributed by atoms with van der Waals surface area (Å²) in [4.78, 5) is 4.23. The number of methoxy groups -OCH3 is 2. The standard InChI is InChI=1S/C13H17N3O3/c1-7-5-9(13-15-10(6-14)19-16-13)8(2)12(18-4)11(7)17-3/h5H,6,14H2,1-4H3. The highest BCUT2D eigenvalue weighted by Gasteiger charge is 2.18. The van der Waals surface area contributed by atoms with Gasteiger partial charge in [-0.2, -0.15) is 4.98 Å². The van der Waals surface area contributed by atoms with Crippen LogP contribution in [0.1, 0.15) is 17.0 Å². The van der Waals surface area contributed by atoms with Crippen molar-refractivity contribution in [2.75, 3.05) is 14.2 Å². The van der Waals surface area contributed by atoms with Gasteiger partial charge in [0.05, 0.1) is 20.8 Å². The van der Waals surface area contributed by atoms with E-state index in [1.807, 2.05) is 19.9 Å². The molecule has 1 aromatic carbocycles. The van der Waals surface area contributed by atoms with Gasteiger partial charge in [0.1, 0.15) is 0 Å². The molecule has 0 aliphatic rings. The van der Waals surface area contributed by atoms with Crippen LogP contribution in [0.4, 0.5) is 0 Å². The van der Waals surface area contributed by atoms with Crippen molar-refractivity contribution in [1.29, 1.82) is 0 Å². The molecule has 2 aromatic rings. The minimum absolute atomic E-state index is 0.221. The summed E-state index contributed by atoms with van der Waals surface area (Å²) in [6.07, 6.45) is 0. The van der Waals surface area contributed by atoms with Crippen LogP contribution in [0.2, 0.25) is 0 Å². The molecule has 0 saturated carbocycles. The second kappa shape index (κ2) is 5.27. The van der Waals surface area contributed by atoms with E-state index in [-0.39, 0.29) is 6.54 Å². The Hall–Kier alpha value is -2.08. The normalized spacial score (nSPS) is 10.6. The van der Waals surface area contributed by atoms with E-state index in [0.29, 0.717) is 23.2 Å². The molecule has 0 unspecified atom stereocenters. The van der Waals surface area contributed by atoms with Crippen molar-refractivity contribution in [2.45, 2.75) is 20.4 Å². The van der Waals surface area contributed by atoms with Crippen LogP contribution in [-0.2, 0) is 6.54 Å². The van der Waals surface area contributed by atoms with E-state index in [2.05, 4.69) is 10.1 Å². The smallest absolute Gasteiger partial charge is 0.240 e. The van der Waals surface area contributed by atoms with E-state index in [9.17, 15) is 0 Å². The minimum Gasteiger partial charge on any atom is -0.493 e. The molecule has 0 aliphatic heterocycles. The number of aryl methyl sites for hydroxylation is 1. The van der Waals surface area contributed by atoms with Crippen LogP contribution in [0.3, 0.4) is 0 Å². The molecule has 6 heteroatoms. The Morgan fingerprint density at radius 2 is 1.89 bits per heavy atom. The fraction of sp³-hybridized carbons (Fsp3) is 0.385. The lowest BCUT2D eigenvalue weighted by Gasteiger charge is -2.15. The van der Waals surface area contributed by atoms with Gasteiger partial charge in [0.2, 0.25) is 11.7 Å². The fourth-order valence-corrected chi connectivity index (χ4v) is 2.04. The Labute approximate surface area is 111 Å². The molecule has 0 radical (unpaired) electrons. The molecule has 6 nitrogen and oxygen atoms in total. The van der Waals surface area contributed by atoms with Crippen molar-refractivity contribution in [3.8, 4) is 22.9 Å². The molecule has 0 amide bonds. The Kier molecular flexibility index (Phi) is 3.71. The predicted octanol–water partition coefficient (Wildman–Crippen LogP) is 1.83. The molecule has 0 spiro atoms. The quantitative estimate of drug-likeness (QED) is 0.906. The molecular weight excluding hydrogens is 246 g/mol. The van der Waals surface area contributed by atoms with Crippen LogP contribution < -0.4 is 15.2 Å². The highest BCUT2D eigenvalue weighted by Crippen LogP contribution is 2.39. The van der Waals surface area contributed by atoms with Crippen LogP contribution in [0.15, 0.2) is 10.6 Å². The summed E-state index contributed by atoms with van der Waals surface area (Å²) < 4.78 is 15.8. The largest absolute Gasteiger partial charge is 0.493 e. The number of ether oxygens (including phenoxy) is 2. The summed E-state index contributed by atoms with van der Waals surface area (Å²) in [5, 5.41) is 3.93. The van der Waals surface area contributed by atoms with Crippen molar-refractivity contribution >= 4 is 0 Å². The van der Waals surface area contributed by atoms with Gasteiger partial charge in [-0.3, -0.25) is 0 Å². The number of benzene rings is 1. The molecule has 102 valence electrons. The molecule has 0 aliphatic carbocycles. The third-order valence-corrected chi connectivity index (χ3v) is 2.96. The van der Waals surface area contributed by atoms with E-state index < -0.39 is 0 Å². The van der Waals surface area contributed by atoms with Crippen molar-refractivity contribution in [2.24, 2.45) is 5.73 Å². The van der Waals surface area contributed by atoms with Crippen LogP contribution in [-0.4, -0.2) is 24.4 Å². The SMILES string of the molecule is COc1c(C)cc(-c2noc(CN)n2)c(C)c1OC. The number of hydrogen-bond acceptors (Lipinski definition) is 6. The molecule has 1 heterocycles. The van der Waals surface area contributed by atoms with E-state index in [1.54, 1.807) is 14.2 Å². The van der Waals surface area contributed by atoms with Crippen LogP contribution >= 0.6 is 0 Å².